The minimum atomic E-state index is -0.926. The van der Waals surface area contributed by atoms with Crippen LogP contribution < -0.4 is 10.2 Å². The number of hydrogen-bond donors (Lipinski definition) is 2. The highest BCUT2D eigenvalue weighted by atomic mass is 16.5. The number of carboxylic acids is 1. The maximum absolute atomic E-state index is 11.6. The highest BCUT2D eigenvalue weighted by molar-refractivity contribution is 5.92. The largest absolute Gasteiger partial charge is 0.478 e. The van der Waals surface area contributed by atoms with Crippen molar-refractivity contribution in [3.63, 3.8) is 0 Å². The highest BCUT2D eigenvalue weighted by Crippen LogP contribution is 2.24. The quantitative estimate of drug-likeness (QED) is 0.349. The number of aromatic nitrogens is 3. The van der Waals surface area contributed by atoms with E-state index in [9.17, 15) is 9.90 Å². The van der Waals surface area contributed by atoms with Gasteiger partial charge in [0.15, 0.2) is 0 Å². The Morgan fingerprint density at radius 1 is 1.00 bits per heavy atom. The normalized spacial score (nSPS) is 17.9. The number of ether oxygens (including phenoxy) is 1. The Balaban J connectivity index is 1.12. The van der Waals surface area contributed by atoms with Crippen molar-refractivity contribution < 1.29 is 14.6 Å². The van der Waals surface area contributed by atoms with Crippen molar-refractivity contribution in [2.24, 2.45) is 0 Å². The van der Waals surface area contributed by atoms with Gasteiger partial charge in [-0.3, -0.25) is 4.90 Å². The van der Waals surface area contributed by atoms with E-state index in [4.69, 9.17) is 14.7 Å². The summed E-state index contributed by atoms with van der Waals surface area (Å²) in [7, 11) is 0. The standard InChI is InChI=1S/C29H32N6O3/c36-29(37)22-9-10-24-25(17-22)35(19-23-11-16-38-23)28(31-24)20-33-12-14-34(15-13-33)27-8-4-7-26(32-27)30-18-21-5-2-1-3-6-21/h1-10,17,23H,11-16,18-20H2,(H,30,32)(H,36,37). The van der Waals surface area contributed by atoms with E-state index in [1.54, 1.807) is 12.1 Å². The topological polar surface area (TPSA) is 95.8 Å². The van der Waals surface area contributed by atoms with Gasteiger partial charge in [0, 0.05) is 39.3 Å². The fraction of sp³-hybridized carbons (Fsp3) is 0.345. The van der Waals surface area contributed by atoms with E-state index in [0.29, 0.717) is 13.1 Å². The highest BCUT2D eigenvalue weighted by Gasteiger charge is 2.25. The number of nitrogens with zero attached hydrogens (tertiary/aromatic N) is 5. The minimum Gasteiger partial charge on any atom is -0.478 e. The Labute approximate surface area is 221 Å². The van der Waals surface area contributed by atoms with Crippen LogP contribution in [0.25, 0.3) is 11.0 Å². The van der Waals surface area contributed by atoms with Gasteiger partial charge in [0.25, 0.3) is 0 Å². The lowest BCUT2D eigenvalue weighted by molar-refractivity contribution is -0.0592. The molecule has 0 radical (unpaired) electrons. The molecule has 2 fully saturated rings. The first kappa shape index (κ1) is 24.4. The molecule has 2 N–H and O–H groups in total. The van der Waals surface area contributed by atoms with Crippen molar-refractivity contribution in [2.75, 3.05) is 43.0 Å². The molecule has 2 aromatic carbocycles. The van der Waals surface area contributed by atoms with Gasteiger partial charge in [0.2, 0.25) is 0 Å². The van der Waals surface area contributed by atoms with Crippen LogP contribution in [0.15, 0.2) is 66.7 Å². The van der Waals surface area contributed by atoms with Gasteiger partial charge in [-0.1, -0.05) is 36.4 Å². The number of anilines is 2. The number of piperazine rings is 1. The van der Waals surface area contributed by atoms with Gasteiger partial charge >= 0.3 is 5.97 Å². The van der Waals surface area contributed by atoms with Crippen molar-refractivity contribution in [3.8, 4) is 0 Å². The zero-order valence-corrected chi connectivity index (χ0v) is 21.3. The molecule has 2 aliphatic rings. The Morgan fingerprint density at radius 3 is 2.55 bits per heavy atom. The van der Waals surface area contributed by atoms with Crippen molar-refractivity contribution in [2.45, 2.75) is 32.2 Å². The van der Waals surface area contributed by atoms with E-state index in [1.807, 2.05) is 30.3 Å². The Hall–Kier alpha value is -3.95. The number of aromatic carboxylic acids is 1. The van der Waals surface area contributed by atoms with Gasteiger partial charge in [-0.25, -0.2) is 14.8 Å². The molecule has 1 unspecified atom stereocenters. The molecule has 2 aromatic heterocycles. The third-order valence-corrected chi connectivity index (χ3v) is 7.37. The lowest BCUT2D eigenvalue weighted by atomic mass is 10.1. The Kier molecular flexibility index (Phi) is 6.94. The number of carbonyl (C=O) groups is 1. The van der Waals surface area contributed by atoms with Crippen LogP contribution in [0, 0.1) is 0 Å². The van der Waals surface area contributed by atoms with Crippen LogP contribution in [0.5, 0.6) is 0 Å². The third-order valence-electron chi connectivity index (χ3n) is 7.37. The molecule has 9 heteroatoms. The second-order valence-electron chi connectivity index (χ2n) is 9.91. The van der Waals surface area contributed by atoms with Crippen LogP contribution in [0.1, 0.15) is 28.2 Å². The summed E-state index contributed by atoms with van der Waals surface area (Å²) in [6, 6.07) is 21.6. The van der Waals surface area contributed by atoms with Crippen LogP contribution in [-0.4, -0.2) is 69.4 Å². The maximum atomic E-state index is 11.6. The molecule has 0 amide bonds. The molecule has 2 saturated heterocycles. The minimum absolute atomic E-state index is 0.158. The fourth-order valence-corrected chi connectivity index (χ4v) is 5.08. The molecule has 9 nitrogen and oxygen atoms in total. The SMILES string of the molecule is O=C(O)c1ccc2nc(CN3CCN(c4cccc(NCc5ccccc5)n4)CC3)n(CC3CCO3)c2c1. The number of carboxylic acid groups (broad SMARTS) is 1. The molecule has 0 bridgehead atoms. The zero-order valence-electron chi connectivity index (χ0n) is 21.3. The van der Waals surface area contributed by atoms with Crippen molar-refractivity contribution in [1.29, 1.82) is 0 Å². The number of imidazole rings is 1. The number of pyridine rings is 1. The third kappa shape index (κ3) is 5.34. The van der Waals surface area contributed by atoms with E-state index < -0.39 is 5.97 Å². The molecule has 38 heavy (non-hydrogen) atoms. The number of benzene rings is 2. The number of rotatable bonds is 9. The first-order valence-corrected chi connectivity index (χ1v) is 13.2. The summed E-state index contributed by atoms with van der Waals surface area (Å²) in [5, 5.41) is 12.9. The smallest absolute Gasteiger partial charge is 0.335 e. The maximum Gasteiger partial charge on any atom is 0.335 e. The number of nitrogens with one attached hydrogen (secondary N) is 1. The predicted octanol–water partition coefficient (Wildman–Crippen LogP) is 3.85. The predicted molar refractivity (Wildman–Crippen MR) is 147 cm³/mol. The number of fused-ring (bicyclic) bond motifs is 1. The van der Waals surface area contributed by atoms with Crippen molar-refractivity contribution >= 4 is 28.6 Å². The number of hydrogen-bond acceptors (Lipinski definition) is 7. The molecule has 4 heterocycles. The summed E-state index contributed by atoms with van der Waals surface area (Å²) in [6.45, 7) is 6.48. The first-order chi connectivity index (χ1) is 18.6. The Morgan fingerprint density at radius 2 is 1.82 bits per heavy atom. The summed E-state index contributed by atoms with van der Waals surface area (Å²) in [6.07, 6.45) is 1.17. The molecular formula is C29H32N6O3. The van der Waals surface area contributed by atoms with E-state index in [0.717, 1.165) is 74.2 Å². The van der Waals surface area contributed by atoms with Crippen LogP contribution >= 0.6 is 0 Å². The molecule has 0 aliphatic carbocycles. The van der Waals surface area contributed by atoms with Crippen molar-refractivity contribution in [3.05, 3.63) is 83.7 Å². The summed E-state index contributed by atoms with van der Waals surface area (Å²) in [5.41, 5.74) is 3.19. The van der Waals surface area contributed by atoms with Crippen LogP contribution in [0.2, 0.25) is 0 Å². The monoisotopic (exact) mass is 512 g/mol. The molecule has 6 rings (SSSR count). The summed E-state index contributed by atoms with van der Waals surface area (Å²) >= 11 is 0. The first-order valence-electron chi connectivity index (χ1n) is 13.2. The molecular weight excluding hydrogens is 480 g/mol. The van der Waals surface area contributed by atoms with Gasteiger partial charge < -0.3 is 24.6 Å². The molecule has 196 valence electrons. The molecule has 0 spiro atoms. The van der Waals surface area contributed by atoms with E-state index >= 15 is 0 Å². The van der Waals surface area contributed by atoms with Crippen LogP contribution in [0.3, 0.4) is 0 Å². The fourth-order valence-electron chi connectivity index (χ4n) is 5.08. The van der Waals surface area contributed by atoms with Gasteiger partial charge in [-0.2, -0.15) is 0 Å². The second kappa shape index (κ2) is 10.8. The van der Waals surface area contributed by atoms with E-state index in [-0.39, 0.29) is 11.7 Å². The summed E-state index contributed by atoms with van der Waals surface area (Å²) in [4.78, 5) is 26.0. The summed E-state index contributed by atoms with van der Waals surface area (Å²) < 4.78 is 7.85. The van der Waals surface area contributed by atoms with Gasteiger partial charge in [0.1, 0.15) is 17.5 Å². The van der Waals surface area contributed by atoms with E-state index in [1.165, 1.54) is 5.56 Å². The average Bonchev–Trinajstić information content (AvgIpc) is 3.26. The van der Waals surface area contributed by atoms with Gasteiger partial charge in [-0.15, -0.1) is 0 Å². The van der Waals surface area contributed by atoms with Crippen molar-refractivity contribution in [1.82, 2.24) is 19.4 Å². The molecule has 4 aromatic rings. The van der Waals surface area contributed by atoms with Gasteiger partial charge in [-0.05, 0) is 42.3 Å². The molecule has 2 aliphatic heterocycles. The van der Waals surface area contributed by atoms with Crippen LogP contribution in [-0.2, 0) is 24.4 Å². The lowest BCUT2D eigenvalue weighted by Gasteiger charge is -2.35. The van der Waals surface area contributed by atoms with Gasteiger partial charge in [0.05, 0.1) is 35.8 Å². The van der Waals surface area contributed by atoms with Crippen LogP contribution in [0.4, 0.5) is 11.6 Å². The zero-order chi connectivity index (χ0) is 25.9. The average molecular weight is 513 g/mol. The molecule has 0 saturated carbocycles. The second-order valence-corrected chi connectivity index (χ2v) is 9.91. The molecule has 1 atom stereocenters. The Bertz CT molecular complexity index is 1410. The lowest BCUT2D eigenvalue weighted by Crippen LogP contribution is -2.46. The van der Waals surface area contributed by atoms with E-state index in [2.05, 4.69) is 43.9 Å². The summed E-state index contributed by atoms with van der Waals surface area (Å²) in [5.74, 6) is 1.89.